The molecule has 0 saturated heterocycles. The molecule has 0 spiro atoms. The molecule has 0 atom stereocenters. The van der Waals surface area contributed by atoms with Crippen molar-refractivity contribution in [3.05, 3.63) is 93.4 Å². The summed E-state index contributed by atoms with van der Waals surface area (Å²) in [6.07, 6.45) is 1.12. The molecule has 8 heteroatoms. The van der Waals surface area contributed by atoms with E-state index in [1.807, 2.05) is 42.5 Å². The van der Waals surface area contributed by atoms with Crippen LogP contribution in [0.3, 0.4) is 0 Å². The van der Waals surface area contributed by atoms with Crippen molar-refractivity contribution in [2.45, 2.75) is 13.0 Å². The largest absolute Gasteiger partial charge is 0.488 e. The first kappa shape index (κ1) is 22.5. The Morgan fingerprint density at radius 2 is 1.68 bits per heavy atom. The van der Waals surface area contributed by atoms with Crippen LogP contribution in [0.1, 0.15) is 17.5 Å². The van der Waals surface area contributed by atoms with Gasteiger partial charge in [-0.2, -0.15) is 5.10 Å². The van der Waals surface area contributed by atoms with Gasteiger partial charge in [0.1, 0.15) is 18.8 Å². The summed E-state index contributed by atoms with van der Waals surface area (Å²) >= 11 is 9.24. The maximum absolute atomic E-state index is 12.0. The SMILES string of the molecule is O=C(CC(=O)Nc1ccccc1Br)NN=Cc1ccccc1OCc1ccc(Cl)cc1. The van der Waals surface area contributed by atoms with Gasteiger partial charge in [0.25, 0.3) is 0 Å². The summed E-state index contributed by atoms with van der Waals surface area (Å²) < 4.78 is 6.58. The first-order chi connectivity index (χ1) is 15.0. The van der Waals surface area contributed by atoms with E-state index < -0.39 is 11.8 Å². The third-order valence-electron chi connectivity index (χ3n) is 4.09. The van der Waals surface area contributed by atoms with E-state index in [-0.39, 0.29) is 6.42 Å². The number of rotatable bonds is 8. The quantitative estimate of drug-likeness (QED) is 0.255. The summed E-state index contributed by atoms with van der Waals surface area (Å²) in [6.45, 7) is 0.365. The van der Waals surface area contributed by atoms with E-state index in [0.717, 1.165) is 10.0 Å². The lowest BCUT2D eigenvalue weighted by molar-refractivity contribution is -0.126. The van der Waals surface area contributed by atoms with E-state index in [0.29, 0.717) is 28.6 Å². The van der Waals surface area contributed by atoms with Gasteiger partial charge < -0.3 is 10.1 Å². The number of halogens is 2. The smallest absolute Gasteiger partial charge is 0.249 e. The van der Waals surface area contributed by atoms with Crippen LogP contribution >= 0.6 is 27.5 Å². The normalized spacial score (nSPS) is 10.6. The molecule has 0 radical (unpaired) electrons. The molecule has 6 nitrogen and oxygen atoms in total. The highest BCUT2D eigenvalue weighted by molar-refractivity contribution is 9.10. The number of nitrogens with one attached hydrogen (secondary N) is 2. The van der Waals surface area contributed by atoms with Crippen LogP contribution in [0.5, 0.6) is 5.75 Å². The molecule has 0 aromatic heterocycles. The molecule has 3 aromatic rings. The minimum absolute atomic E-state index is 0.354. The van der Waals surface area contributed by atoms with Crippen LogP contribution in [0.25, 0.3) is 0 Å². The maximum Gasteiger partial charge on any atom is 0.249 e. The first-order valence-corrected chi connectivity index (χ1v) is 10.5. The molecule has 158 valence electrons. The van der Waals surface area contributed by atoms with Crippen LogP contribution < -0.4 is 15.5 Å². The summed E-state index contributed by atoms with van der Waals surface area (Å²) in [4.78, 5) is 24.0. The molecule has 0 saturated carbocycles. The van der Waals surface area contributed by atoms with Crippen LogP contribution in [-0.2, 0) is 16.2 Å². The number of para-hydroxylation sites is 2. The molecule has 0 aliphatic carbocycles. The van der Waals surface area contributed by atoms with Gasteiger partial charge in [-0.3, -0.25) is 9.59 Å². The summed E-state index contributed by atoms with van der Waals surface area (Å²) in [7, 11) is 0. The zero-order chi connectivity index (χ0) is 22.1. The van der Waals surface area contributed by atoms with E-state index in [4.69, 9.17) is 16.3 Å². The fourth-order valence-electron chi connectivity index (χ4n) is 2.58. The van der Waals surface area contributed by atoms with E-state index in [1.165, 1.54) is 6.21 Å². The van der Waals surface area contributed by atoms with Gasteiger partial charge >= 0.3 is 0 Å². The van der Waals surface area contributed by atoms with Gasteiger partial charge in [-0.15, -0.1) is 0 Å². The molecule has 3 rings (SSSR count). The van der Waals surface area contributed by atoms with Crippen molar-refractivity contribution in [3.63, 3.8) is 0 Å². The highest BCUT2D eigenvalue weighted by atomic mass is 79.9. The average molecular weight is 501 g/mol. The van der Waals surface area contributed by atoms with Gasteiger partial charge in [-0.25, -0.2) is 5.43 Å². The average Bonchev–Trinajstić information content (AvgIpc) is 2.76. The minimum atomic E-state index is -0.527. The zero-order valence-electron chi connectivity index (χ0n) is 16.3. The maximum atomic E-state index is 12.0. The zero-order valence-corrected chi connectivity index (χ0v) is 18.7. The summed E-state index contributed by atoms with van der Waals surface area (Å²) in [5.41, 5.74) is 4.61. The molecule has 0 bridgehead atoms. The molecule has 0 heterocycles. The first-order valence-electron chi connectivity index (χ1n) is 9.34. The number of anilines is 1. The number of carbonyl (C=O) groups is 2. The molecule has 0 aliphatic rings. The fraction of sp³-hybridized carbons (Fsp3) is 0.0870. The Balaban J connectivity index is 1.52. The second-order valence-corrected chi connectivity index (χ2v) is 7.74. The van der Waals surface area contributed by atoms with Gasteiger partial charge in [0.2, 0.25) is 11.8 Å². The molecule has 0 fully saturated rings. The molecular weight excluding hydrogens is 482 g/mol. The van der Waals surface area contributed by atoms with E-state index in [2.05, 4.69) is 31.8 Å². The molecule has 2 amide bonds. The lowest BCUT2D eigenvalue weighted by Gasteiger charge is -2.09. The van der Waals surface area contributed by atoms with Gasteiger partial charge in [0.15, 0.2) is 0 Å². The van der Waals surface area contributed by atoms with Gasteiger partial charge in [-0.05, 0) is 57.9 Å². The monoisotopic (exact) mass is 499 g/mol. The number of benzene rings is 3. The summed E-state index contributed by atoms with van der Waals surface area (Å²) in [5.74, 6) is -0.353. The molecule has 31 heavy (non-hydrogen) atoms. The van der Waals surface area contributed by atoms with Crippen LogP contribution in [-0.4, -0.2) is 18.0 Å². The van der Waals surface area contributed by atoms with E-state index >= 15 is 0 Å². The van der Waals surface area contributed by atoms with Crippen molar-refractivity contribution < 1.29 is 14.3 Å². The molecular formula is C23H19BrClN3O3. The number of hydrogen-bond donors (Lipinski definition) is 2. The number of nitrogens with zero attached hydrogens (tertiary/aromatic N) is 1. The van der Waals surface area contributed by atoms with Gasteiger partial charge in [0, 0.05) is 15.1 Å². The Kier molecular flexibility index (Phi) is 8.20. The molecule has 0 aliphatic heterocycles. The van der Waals surface area contributed by atoms with Crippen molar-refractivity contribution in [3.8, 4) is 5.75 Å². The van der Waals surface area contributed by atoms with Crippen LogP contribution in [0, 0.1) is 0 Å². The lowest BCUT2D eigenvalue weighted by atomic mass is 10.2. The number of carbonyl (C=O) groups excluding carboxylic acids is 2. The number of hydrogen-bond acceptors (Lipinski definition) is 4. The van der Waals surface area contributed by atoms with Gasteiger partial charge in [0.05, 0.1) is 11.9 Å². The Labute approximate surface area is 193 Å². The number of ether oxygens (including phenoxy) is 1. The summed E-state index contributed by atoms with van der Waals surface area (Å²) in [5, 5.41) is 7.27. The third-order valence-corrected chi connectivity index (χ3v) is 5.03. The van der Waals surface area contributed by atoms with Crippen molar-refractivity contribution in [2.24, 2.45) is 5.10 Å². The van der Waals surface area contributed by atoms with Gasteiger partial charge in [-0.1, -0.05) is 48.0 Å². The molecule has 2 N–H and O–H groups in total. The van der Waals surface area contributed by atoms with Crippen molar-refractivity contribution in [1.29, 1.82) is 0 Å². The fourth-order valence-corrected chi connectivity index (χ4v) is 3.09. The predicted molar refractivity (Wildman–Crippen MR) is 125 cm³/mol. The lowest BCUT2D eigenvalue weighted by Crippen LogP contribution is -2.24. The minimum Gasteiger partial charge on any atom is -0.488 e. The Morgan fingerprint density at radius 3 is 2.45 bits per heavy atom. The van der Waals surface area contributed by atoms with E-state index in [9.17, 15) is 9.59 Å². The standard InChI is InChI=1S/C23H19BrClN3O3/c24-19-6-2-3-7-20(19)27-22(29)13-23(30)28-26-14-17-5-1-4-8-21(17)31-15-16-9-11-18(25)12-10-16/h1-12,14H,13,15H2,(H,27,29)(H,28,30). The van der Waals surface area contributed by atoms with Crippen molar-refractivity contribution in [1.82, 2.24) is 5.43 Å². The van der Waals surface area contributed by atoms with Crippen LogP contribution in [0.4, 0.5) is 5.69 Å². The van der Waals surface area contributed by atoms with Crippen molar-refractivity contribution >= 4 is 51.2 Å². The Morgan fingerprint density at radius 1 is 0.968 bits per heavy atom. The topological polar surface area (TPSA) is 79.8 Å². The highest BCUT2D eigenvalue weighted by Crippen LogP contribution is 2.21. The predicted octanol–water partition coefficient (Wildman–Crippen LogP) is 5.16. The molecule has 3 aromatic carbocycles. The second kappa shape index (κ2) is 11.3. The van der Waals surface area contributed by atoms with Crippen LogP contribution in [0.15, 0.2) is 82.4 Å². The summed E-state index contributed by atoms with van der Waals surface area (Å²) in [6, 6.07) is 21.8. The highest BCUT2D eigenvalue weighted by Gasteiger charge is 2.10. The van der Waals surface area contributed by atoms with Crippen LogP contribution in [0.2, 0.25) is 5.02 Å². The number of hydrazone groups is 1. The Hall–Kier alpha value is -3.16. The third kappa shape index (κ3) is 7.24. The second-order valence-electron chi connectivity index (χ2n) is 6.45. The van der Waals surface area contributed by atoms with Crippen molar-refractivity contribution in [2.75, 3.05) is 5.32 Å². The Bertz CT molecular complexity index is 1090. The van der Waals surface area contributed by atoms with E-state index in [1.54, 1.807) is 30.3 Å². The molecule has 0 unspecified atom stereocenters. The number of amides is 2.